The van der Waals surface area contributed by atoms with Crippen LogP contribution in [0.5, 0.6) is 5.75 Å². The number of nitrogens with zero attached hydrogens (tertiary/aromatic N) is 2. The Morgan fingerprint density at radius 2 is 1.74 bits per heavy atom. The second-order valence-electron chi connectivity index (χ2n) is 9.29. The summed E-state index contributed by atoms with van der Waals surface area (Å²) < 4.78 is 5.43. The fraction of sp³-hybridized carbons (Fsp3) is 0.321. The van der Waals surface area contributed by atoms with Crippen molar-refractivity contribution in [2.75, 3.05) is 23.0 Å². The van der Waals surface area contributed by atoms with Crippen molar-refractivity contribution >= 4 is 40.9 Å². The molecule has 1 N–H and O–H groups in total. The zero-order chi connectivity index (χ0) is 25.3. The Hall–Kier alpha value is -3.87. The van der Waals surface area contributed by atoms with Crippen molar-refractivity contribution in [2.45, 2.75) is 46.6 Å². The number of hydrogen-bond acceptors (Lipinski definition) is 5. The molecule has 2 aromatic rings. The van der Waals surface area contributed by atoms with Crippen LogP contribution >= 0.6 is 0 Å². The van der Waals surface area contributed by atoms with E-state index in [0.717, 1.165) is 34.7 Å². The summed E-state index contributed by atoms with van der Waals surface area (Å²) in [6, 6.07) is 11.8. The van der Waals surface area contributed by atoms with Crippen LogP contribution in [-0.2, 0) is 9.59 Å². The van der Waals surface area contributed by atoms with Gasteiger partial charge >= 0.3 is 6.03 Å². The van der Waals surface area contributed by atoms with E-state index in [9.17, 15) is 14.4 Å². The van der Waals surface area contributed by atoms with Gasteiger partial charge in [-0.25, -0.2) is 9.69 Å². The first-order valence-corrected chi connectivity index (χ1v) is 11.9. The van der Waals surface area contributed by atoms with Crippen molar-refractivity contribution in [2.24, 2.45) is 0 Å². The quantitative estimate of drug-likeness (QED) is 0.463. The molecule has 7 heteroatoms. The summed E-state index contributed by atoms with van der Waals surface area (Å²) in [5.74, 6) is -0.742. The van der Waals surface area contributed by atoms with Gasteiger partial charge in [0, 0.05) is 17.8 Å². The van der Waals surface area contributed by atoms with Crippen LogP contribution in [0.2, 0.25) is 0 Å². The summed E-state index contributed by atoms with van der Waals surface area (Å²) in [5.41, 5.74) is 4.21. The maximum absolute atomic E-state index is 13.3. The Morgan fingerprint density at radius 1 is 1.03 bits per heavy atom. The molecule has 4 amide bonds. The topological polar surface area (TPSA) is 79.0 Å². The van der Waals surface area contributed by atoms with Gasteiger partial charge in [-0.05, 0) is 87.7 Å². The number of hydrogen-bond donors (Lipinski definition) is 1. The molecule has 1 saturated heterocycles. The number of benzene rings is 2. The van der Waals surface area contributed by atoms with E-state index >= 15 is 0 Å². The molecule has 0 saturated carbocycles. The van der Waals surface area contributed by atoms with Gasteiger partial charge in [-0.15, -0.1) is 0 Å². The van der Waals surface area contributed by atoms with Crippen molar-refractivity contribution in [1.29, 1.82) is 0 Å². The predicted octanol–water partition coefficient (Wildman–Crippen LogP) is 5.16. The molecule has 2 aromatic carbocycles. The van der Waals surface area contributed by atoms with Crippen LogP contribution in [0.15, 0.2) is 54.1 Å². The number of rotatable bonds is 6. The van der Waals surface area contributed by atoms with Gasteiger partial charge in [-0.2, -0.15) is 0 Å². The van der Waals surface area contributed by atoms with E-state index in [2.05, 4.69) is 44.0 Å². The molecular weight excluding hydrogens is 442 g/mol. The fourth-order valence-electron chi connectivity index (χ4n) is 4.74. The number of allylic oxidation sites excluding steroid dienone is 1. The monoisotopic (exact) mass is 473 g/mol. The highest BCUT2D eigenvalue weighted by Crippen LogP contribution is 2.39. The van der Waals surface area contributed by atoms with Crippen molar-refractivity contribution in [3.8, 4) is 5.75 Å². The van der Waals surface area contributed by atoms with Gasteiger partial charge < -0.3 is 9.64 Å². The number of nitrogens with one attached hydrogen (secondary N) is 1. The van der Waals surface area contributed by atoms with Crippen molar-refractivity contribution in [3.63, 3.8) is 0 Å². The molecule has 35 heavy (non-hydrogen) atoms. The highest BCUT2D eigenvalue weighted by molar-refractivity contribution is 6.39. The predicted molar refractivity (Wildman–Crippen MR) is 138 cm³/mol. The van der Waals surface area contributed by atoms with Crippen LogP contribution in [0.25, 0.3) is 11.6 Å². The van der Waals surface area contributed by atoms with Gasteiger partial charge in [0.25, 0.3) is 11.8 Å². The Morgan fingerprint density at radius 3 is 2.40 bits per heavy atom. The zero-order valence-corrected chi connectivity index (χ0v) is 20.8. The Labute approximate surface area is 206 Å². The molecule has 4 rings (SSSR count). The van der Waals surface area contributed by atoms with Crippen molar-refractivity contribution in [1.82, 2.24) is 5.32 Å². The number of carbonyl (C=O) groups is 3. The third kappa shape index (κ3) is 4.58. The molecule has 182 valence electrons. The first-order valence-electron chi connectivity index (χ1n) is 11.9. The maximum atomic E-state index is 13.3. The summed E-state index contributed by atoms with van der Waals surface area (Å²) in [5, 5.41) is 2.28. The summed E-state index contributed by atoms with van der Waals surface area (Å²) in [6.07, 6.45) is 4.81. The normalized spacial score (nSPS) is 18.4. The van der Waals surface area contributed by atoms with Gasteiger partial charge in [0.05, 0.1) is 17.8 Å². The minimum absolute atomic E-state index is 0.0957. The maximum Gasteiger partial charge on any atom is 0.335 e. The third-order valence-electron chi connectivity index (χ3n) is 6.27. The van der Waals surface area contributed by atoms with Crippen LogP contribution in [0.1, 0.15) is 52.2 Å². The highest BCUT2D eigenvalue weighted by Gasteiger charge is 2.37. The lowest BCUT2D eigenvalue weighted by molar-refractivity contribution is -0.122. The fourth-order valence-corrected chi connectivity index (χ4v) is 4.74. The second-order valence-corrected chi connectivity index (χ2v) is 9.29. The molecule has 2 aliphatic rings. The number of barbiturate groups is 1. The molecule has 0 atom stereocenters. The number of carbonyl (C=O) groups excluding carboxylic acids is 3. The molecule has 7 nitrogen and oxygen atoms in total. The Bertz CT molecular complexity index is 1240. The van der Waals surface area contributed by atoms with E-state index in [1.165, 1.54) is 0 Å². The average Bonchev–Trinajstić information content (AvgIpc) is 2.80. The molecular formula is C28H31N3O4. The number of amides is 4. The smallest absolute Gasteiger partial charge is 0.335 e. The van der Waals surface area contributed by atoms with Crippen LogP contribution < -0.4 is 19.9 Å². The summed E-state index contributed by atoms with van der Waals surface area (Å²) in [6.45, 7) is 11.9. The molecule has 0 radical (unpaired) electrons. The van der Waals surface area contributed by atoms with Crippen molar-refractivity contribution in [3.05, 3.63) is 65.2 Å². The lowest BCUT2D eigenvalue weighted by Crippen LogP contribution is -2.54. The van der Waals surface area contributed by atoms with Crippen LogP contribution in [0.4, 0.5) is 16.2 Å². The SMILES string of the molecule is CCCN1c2ccc(/C=C3/C(=O)NC(=O)N(c4ccc(OCC)cc4)C3=O)cc2C(C)=CC1(C)C. The van der Waals surface area contributed by atoms with Gasteiger partial charge in [-0.3, -0.25) is 14.9 Å². The zero-order valence-electron chi connectivity index (χ0n) is 20.8. The minimum atomic E-state index is -0.775. The van der Waals surface area contributed by atoms with Crippen LogP contribution in [-0.4, -0.2) is 36.5 Å². The number of imide groups is 2. The largest absolute Gasteiger partial charge is 0.494 e. The molecule has 1 fully saturated rings. The van der Waals surface area contributed by atoms with E-state index in [-0.39, 0.29) is 11.1 Å². The van der Waals surface area contributed by atoms with E-state index in [1.54, 1.807) is 30.3 Å². The minimum Gasteiger partial charge on any atom is -0.494 e. The molecule has 0 aliphatic carbocycles. The Kier molecular flexibility index (Phi) is 6.52. The number of urea groups is 1. The summed E-state index contributed by atoms with van der Waals surface area (Å²) in [4.78, 5) is 41.7. The number of ether oxygens (including phenoxy) is 1. The summed E-state index contributed by atoms with van der Waals surface area (Å²) >= 11 is 0. The summed E-state index contributed by atoms with van der Waals surface area (Å²) in [7, 11) is 0. The van der Waals surface area contributed by atoms with E-state index in [0.29, 0.717) is 23.6 Å². The molecule has 0 bridgehead atoms. The van der Waals surface area contributed by atoms with E-state index in [4.69, 9.17) is 4.74 Å². The third-order valence-corrected chi connectivity index (χ3v) is 6.27. The molecule has 2 aliphatic heterocycles. The molecule has 0 spiro atoms. The highest BCUT2D eigenvalue weighted by atomic mass is 16.5. The first-order chi connectivity index (χ1) is 16.7. The lowest BCUT2D eigenvalue weighted by Gasteiger charge is -2.43. The standard InChI is InChI=1S/C28H31N3O4/c1-6-14-30-24-13-8-19(15-22(24)18(3)17-28(30,4)5)16-23-25(32)29-27(34)31(26(23)33)20-9-11-21(12-10-20)35-7-2/h8-13,15-17H,6-7,14H2,1-5H3,(H,29,32,34)/b23-16-. The average molecular weight is 474 g/mol. The lowest BCUT2D eigenvalue weighted by atomic mass is 9.87. The van der Waals surface area contributed by atoms with Gasteiger partial charge in [0.1, 0.15) is 11.3 Å². The Balaban J connectivity index is 1.69. The van der Waals surface area contributed by atoms with Gasteiger partial charge in [0.2, 0.25) is 0 Å². The van der Waals surface area contributed by atoms with Crippen molar-refractivity contribution < 1.29 is 19.1 Å². The first kappa shape index (κ1) is 24.3. The molecule has 2 heterocycles. The number of fused-ring (bicyclic) bond motifs is 1. The van der Waals surface area contributed by atoms with Gasteiger partial charge in [0.15, 0.2) is 0 Å². The molecule has 0 unspecified atom stereocenters. The van der Waals surface area contributed by atoms with Crippen LogP contribution in [0, 0.1) is 0 Å². The van der Waals surface area contributed by atoms with E-state index < -0.39 is 17.8 Å². The van der Waals surface area contributed by atoms with E-state index in [1.807, 2.05) is 25.1 Å². The molecule has 0 aromatic heterocycles. The number of anilines is 2. The second kappa shape index (κ2) is 9.41. The van der Waals surface area contributed by atoms with Crippen LogP contribution in [0.3, 0.4) is 0 Å². The van der Waals surface area contributed by atoms with Gasteiger partial charge in [-0.1, -0.05) is 19.1 Å².